The van der Waals surface area contributed by atoms with Crippen molar-refractivity contribution in [3.63, 3.8) is 0 Å². The molecule has 0 N–H and O–H groups in total. The summed E-state index contributed by atoms with van der Waals surface area (Å²) in [5, 5.41) is 2.41. The molecule has 52 heavy (non-hydrogen) atoms. The maximum Gasteiger partial charge on any atom is 0.160 e. The van der Waals surface area contributed by atoms with E-state index >= 15 is 0 Å². The van der Waals surface area contributed by atoms with Gasteiger partial charge >= 0.3 is 0 Å². The molecule has 0 bridgehead atoms. The number of hydrogen-bond donors (Lipinski definition) is 0. The maximum absolute atomic E-state index is 5.40. The van der Waals surface area contributed by atoms with E-state index in [9.17, 15) is 0 Å². The number of pyridine rings is 1. The molecule has 0 unspecified atom stereocenters. The Morgan fingerprint density at radius 3 is 2.29 bits per heavy atom. The molecule has 0 saturated heterocycles. The third-order valence-corrected chi connectivity index (χ3v) is 10.9. The van der Waals surface area contributed by atoms with Gasteiger partial charge in [-0.3, -0.25) is 4.98 Å². The zero-order valence-electron chi connectivity index (χ0n) is 28.8. The molecule has 0 saturated carbocycles. The lowest BCUT2D eigenvalue weighted by Crippen LogP contribution is -1.97. The number of allylic oxidation sites excluding steroid dienone is 4. The van der Waals surface area contributed by atoms with Gasteiger partial charge in [0.1, 0.15) is 0 Å². The summed E-state index contributed by atoms with van der Waals surface area (Å²) in [5.41, 5.74) is 13.2. The fourth-order valence-electron chi connectivity index (χ4n) is 7.15. The van der Waals surface area contributed by atoms with Crippen molar-refractivity contribution in [2.75, 3.05) is 0 Å². The van der Waals surface area contributed by atoms with Gasteiger partial charge in [-0.1, -0.05) is 115 Å². The highest BCUT2D eigenvalue weighted by Crippen LogP contribution is 2.42. The van der Waals surface area contributed by atoms with E-state index in [0.29, 0.717) is 0 Å². The number of fused-ring (bicyclic) bond motifs is 4. The summed E-state index contributed by atoms with van der Waals surface area (Å²) in [4.78, 5) is 16.7. The van der Waals surface area contributed by atoms with Crippen LogP contribution in [0.1, 0.15) is 29.3 Å². The summed E-state index contributed by atoms with van der Waals surface area (Å²) in [6.45, 7) is 2.04. The number of hydrogen-bond acceptors (Lipinski definition) is 4. The normalized spacial score (nSPS) is 12.7. The highest BCUT2D eigenvalue weighted by atomic mass is 32.1. The van der Waals surface area contributed by atoms with E-state index in [1.165, 1.54) is 26.8 Å². The van der Waals surface area contributed by atoms with Crippen molar-refractivity contribution < 1.29 is 0 Å². The minimum atomic E-state index is 0.739. The fourth-order valence-corrected chi connectivity index (χ4v) is 8.38. The first-order valence-electron chi connectivity index (χ1n) is 17.8. The van der Waals surface area contributed by atoms with Gasteiger partial charge < -0.3 is 0 Å². The smallest absolute Gasteiger partial charge is 0.160 e. The topological polar surface area (TPSA) is 38.7 Å². The van der Waals surface area contributed by atoms with Crippen molar-refractivity contribution in [2.24, 2.45) is 0 Å². The molecule has 0 aliphatic heterocycles. The van der Waals surface area contributed by atoms with Crippen LogP contribution in [0.15, 0.2) is 158 Å². The van der Waals surface area contributed by atoms with Gasteiger partial charge in [0, 0.05) is 27.8 Å². The Kier molecular flexibility index (Phi) is 8.44. The van der Waals surface area contributed by atoms with Crippen LogP contribution in [-0.4, -0.2) is 15.0 Å². The van der Waals surface area contributed by atoms with Gasteiger partial charge in [0.2, 0.25) is 0 Å². The molecule has 5 aromatic carbocycles. The lowest BCUT2D eigenvalue weighted by molar-refractivity contribution is 0.999. The second-order valence-electron chi connectivity index (χ2n) is 13.1. The van der Waals surface area contributed by atoms with Crippen LogP contribution in [0.3, 0.4) is 0 Å². The minimum absolute atomic E-state index is 0.739. The van der Waals surface area contributed by atoms with Crippen LogP contribution in [0.5, 0.6) is 0 Å². The van der Waals surface area contributed by atoms with Crippen LogP contribution in [-0.2, 0) is 6.42 Å². The summed E-state index contributed by atoms with van der Waals surface area (Å²) in [5.74, 6) is 0.739. The third-order valence-electron chi connectivity index (χ3n) is 9.70. The van der Waals surface area contributed by atoms with Crippen LogP contribution in [0.4, 0.5) is 0 Å². The van der Waals surface area contributed by atoms with Crippen molar-refractivity contribution in [3.05, 3.63) is 174 Å². The van der Waals surface area contributed by atoms with E-state index in [1.807, 2.05) is 42.7 Å². The second kappa shape index (κ2) is 13.8. The molecular weight excluding hydrogens is 651 g/mol. The largest absolute Gasteiger partial charge is 0.256 e. The molecule has 0 amide bonds. The van der Waals surface area contributed by atoms with E-state index in [1.54, 1.807) is 0 Å². The number of rotatable bonds is 7. The Morgan fingerprint density at radius 1 is 0.654 bits per heavy atom. The lowest BCUT2D eigenvalue weighted by Gasteiger charge is -2.15. The molecule has 1 aliphatic rings. The zero-order chi connectivity index (χ0) is 34.9. The Balaban J connectivity index is 1.29. The molecule has 9 rings (SSSR count). The second-order valence-corrected chi connectivity index (χ2v) is 14.1. The molecule has 248 valence electrons. The van der Waals surface area contributed by atoms with E-state index in [2.05, 4.69) is 151 Å². The molecule has 0 radical (unpaired) electrons. The number of benzene rings is 5. The highest BCUT2D eigenvalue weighted by Gasteiger charge is 2.21. The summed E-state index contributed by atoms with van der Waals surface area (Å²) in [6.07, 6.45) is 16.8. The molecule has 3 heterocycles. The monoisotopic (exact) mass is 685 g/mol. The molecule has 8 aromatic rings. The van der Waals surface area contributed by atoms with Crippen molar-refractivity contribution >= 4 is 44.5 Å². The van der Waals surface area contributed by atoms with Crippen LogP contribution in [0.2, 0.25) is 0 Å². The Labute approximate surface area is 308 Å². The molecule has 4 heteroatoms. The maximum atomic E-state index is 5.40. The van der Waals surface area contributed by atoms with Gasteiger partial charge in [-0.25, -0.2) is 9.97 Å². The van der Waals surface area contributed by atoms with Crippen molar-refractivity contribution in [1.82, 2.24) is 15.0 Å². The standard InChI is InChI=1S/C48H35N3S/c1-2-3-5-14-32-27-36-17-8-9-18-40(36)42(28-32)38-29-37(33-22-24-34(25-23-33)43-20-12-13-26-49-43)30-39(31-38)48-50-45(35-15-6-4-7-16-35)47-46(51-48)41-19-10-11-21-44(41)52-47/h2-9,11-18,20-31H,10,19H2,1H3/b3-2-,14-5-. The molecule has 3 aromatic heterocycles. The zero-order valence-corrected chi connectivity index (χ0v) is 29.6. The van der Waals surface area contributed by atoms with E-state index < -0.39 is 0 Å². The third kappa shape index (κ3) is 6.08. The number of aromatic nitrogens is 3. The summed E-state index contributed by atoms with van der Waals surface area (Å²) < 4.78 is 1.15. The molecule has 1 aliphatic carbocycles. The first-order valence-corrected chi connectivity index (χ1v) is 18.6. The Bertz CT molecular complexity index is 2670. The van der Waals surface area contributed by atoms with Gasteiger partial charge in [-0.15, -0.1) is 11.3 Å². The molecular formula is C48H35N3S. The minimum Gasteiger partial charge on any atom is -0.256 e. The number of aryl methyl sites for hydroxylation is 1. The molecule has 0 atom stereocenters. The summed E-state index contributed by atoms with van der Waals surface area (Å²) >= 11 is 1.81. The molecule has 3 nitrogen and oxygen atoms in total. The molecule has 0 spiro atoms. The van der Waals surface area contributed by atoms with E-state index in [4.69, 9.17) is 9.97 Å². The number of thiophene rings is 1. The summed E-state index contributed by atoms with van der Waals surface area (Å²) in [7, 11) is 0. The predicted molar refractivity (Wildman–Crippen MR) is 221 cm³/mol. The Morgan fingerprint density at radius 2 is 1.44 bits per heavy atom. The first-order chi connectivity index (χ1) is 25.7. The van der Waals surface area contributed by atoms with E-state index in [-0.39, 0.29) is 0 Å². The van der Waals surface area contributed by atoms with Crippen molar-refractivity contribution in [2.45, 2.75) is 19.8 Å². The fraction of sp³-hybridized carbons (Fsp3) is 0.0625. The van der Waals surface area contributed by atoms with Crippen LogP contribution in [0, 0.1) is 0 Å². The van der Waals surface area contributed by atoms with Crippen molar-refractivity contribution in [1.29, 1.82) is 0 Å². The van der Waals surface area contributed by atoms with Crippen LogP contribution in [0.25, 0.3) is 89.3 Å². The van der Waals surface area contributed by atoms with Crippen molar-refractivity contribution in [3.8, 4) is 56.2 Å². The van der Waals surface area contributed by atoms with Crippen LogP contribution >= 0.6 is 11.3 Å². The van der Waals surface area contributed by atoms with Gasteiger partial charge in [0.05, 0.1) is 21.6 Å². The first kappa shape index (κ1) is 31.7. The van der Waals surface area contributed by atoms with Crippen LogP contribution < -0.4 is 0 Å². The highest BCUT2D eigenvalue weighted by molar-refractivity contribution is 7.20. The SMILES string of the molecule is C/C=C\C=C/c1cc(-c2cc(-c3ccc(-c4ccccn4)cc3)cc(-c3nc(-c4ccccc4)c4sc5c(c4n3)CCC=C5)c2)c2ccccc2c1. The van der Waals surface area contributed by atoms with Gasteiger partial charge in [0.25, 0.3) is 0 Å². The Hall–Kier alpha value is -6.23. The predicted octanol–water partition coefficient (Wildman–Crippen LogP) is 13.1. The molecule has 0 fully saturated rings. The van der Waals surface area contributed by atoms with Gasteiger partial charge in [-0.2, -0.15) is 0 Å². The quantitative estimate of drug-likeness (QED) is 0.157. The van der Waals surface area contributed by atoms with Gasteiger partial charge in [0.15, 0.2) is 5.82 Å². The summed E-state index contributed by atoms with van der Waals surface area (Å²) in [6, 6.07) is 45.4. The van der Waals surface area contributed by atoms with E-state index in [0.717, 1.165) is 79.2 Å². The average molecular weight is 686 g/mol. The lowest BCUT2D eigenvalue weighted by atomic mass is 9.91. The number of nitrogens with zero attached hydrogens (tertiary/aromatic N) is 3. The van der Waals surface area contributed by atoms with Gasteiger partial charge in [-0.05, 0) is 112 Å². The average Bonchev–Trinajstić information content (AvgIpc) is 3.59.